The van der Waals surface area contributed by atoms with Crippen LogP contribution in [0.25, 0.3) is 0 Å². The summed E-state index contributed by atoms with van der Waals surface area (Å²) in [4.78, 5) is 14.7. The summed E-state index contributed by atoms with van der Waals surface area (Å²) in [6.07, 6.45) is 3.83. The average molecular weight is 291 g/mol. The summed E-state index contributed by atoms with van der Waals surface area (Å²) in [6.45, 7) is 5.19. The van der Waals surface area contributed by atoms with Gasteiger partial charge in [0.1, 0.15) is 5.75 Å². The highest BCUT2D eigenvalue weighted by atomic mass is 16.5. The van der Waals surface area contributed by atoms with Gasteiger partial charge in [0.05, 0.1) is 7.11 Å². The van der Waals surface area contributed by atoms with Crippen LogP contribution in [0, 0.1) is 0 Å². The molecule has 2 rings (SSSR count). The van der Waals surface area contributed by atoms with E-state index < -0.39 is 0 Å². The van der Waals surface area contributed by atoms with Crippen LogP contribution < -0.4 is 15.8 Å². The highest BCUT2D eigenvalue weighted by Crippen LogP contribution is 2.18. The van der Waals surface area contributed by atoms with Crippen LogP contribution in [0.2, 0.25) is 0 Å². The quantitative estimate of drug-likeness (QED) is 0.813. The van der Waals surface area contributed by atoms with Gasteiger partial charge in [-0.2, -0.15) is 0 Å². The number of rotatable bonds is 5. The first-order valence-corrected chi connectivity index (χ1v) is 7.56. The Bertz CT molecular complexity index is 484. The number of anilines is 1. The Morgan fingerprint density at radius 3 is 2.71 bits per heavy atom. The normalized spacial score (nSPS) is 17.2. The number of ether oxygens (including phenoxy) is 1. The van der Waals surface area contributed by atoms with Crippen molar-refractivity contribution in [2.45, 2.75) is 32.2 Å². The molecule has 1 aliphatic heterocycles. The van der Waals surface area contributed by atoms with Gasteiger partial charge in [0, 0.05) is 29.9 Å². The van der Waals surface area contributed by atoms with E-state index >= 15 is 0 Å². The van der Waals surface area contributed by atoms with Crippen LogP contribution in [0.3, 0.4) is 0 Å². The minimum absolute atomic E-state index is 0.106. The molecular formula is C16H25N3O2. The summed E-state index contributed by atoms with van der Waals surface area (Å²) in [5.41, 5.74) is 6.85. The zero-order valence-electron chi connectivity index (χ0n) is 12.9. The number of carbonyl (C=O) groups is 1. The second-order valence-corrected chi connectivity index (χ2v) is 5.73. The second-order valence-electron chi connectivity index (χ2n) is 5.73. The molecule has 5 heteroatoms. The molecule has 0 saturated carbocycles. The molecule has 1 aliphatic rings. The van der Waals surface area contributed by atoms with Crippen LogP contribution in [0.1, 0.15) is 36.5 Å². The lowest BCUT2D eigenvalue weighted by atomic mass is 10.1. The van der Waals surface area contributed by atoms with Gasteiger partial charge >= 0.3 is 0 Å². The second kappa shape index (κ2) is 7.31. The molecule has 0 bridgehead atoms. The number of methoxy groups -OCH3 is 1. The third-order valence-corrected chi connectivity index (χ3v) is 3.78. The third-order valence-electron chi connectivity index (χ3n) is 3.78. The van der Waals surface area contributed by atoms with Gasteiger partial charge < -0.3 is 20.7 Å². The fourth-order valence-corrected chi connectivity index (χ4v) is 2.75. The van der Waals surface area contributed by atoms with Crippen molar-refractivity contribution >= 4 is 11.6 Å². The molecule has 0 aliphatic carbocycles. The lowest BCUT2D eigenvalue weighted by Gasteiger charge is -2.29. The Morgan fingerprint density at radius 1 is 1.33 bits per heavy atom. The Labute approximate surface area is 126 Å². The van der Waals surface area contributed by atoms with Crippen LogP contribution in [-0.2, 0) is 0 Å². The zero-order valence-corrected chi connectivity index (χ0v) is 12.9. The highest BCUT2D eigenvalue weighted by molar-refractivity contribution is 5.95. The summed E-state index contributed by atoms with van der Waals surface area (Å²) in [6, 6.07) is 5.20. The van der Waals surface area contributed by atoms with Crippen molar-refractivity contribution in [1.29, 1.82) is 0 Å². The molecule has 1 heterocycles. The lowest BCUT2D eigenvalue weighted by Crippen LogP contribution is -2.43. The van der Waals surface area contributed by atoms with Crippen LogP contribution in [-0.4, -0.2) is 43.6 Å². The molecule has 3 N–H and O–H groups in total. The molecule has 0 radical (unpaired) electrons. The van der Waals surface area contributed by atoms with Gasteiger partial charge in [-0.15, -0.1) is 0 Å². The number of nitrogens with one attached hydrogen (secondary N) is 1. The molecule has 1 amide bonds. The van der Waals surface area contributed by atoms with Gasteiger partial charge in [-0.25, -0.2) is 0 Å². The number of hydrogen-bond acceptors (Lipinski definition) is 4. The van der Waals surface area contributed by atoms with Crippen molar-refractivity contribution in [3.63, 3.8) is 0 Å². The Morgan fingerprint density at radius 2 is 2.05 bits per heavy atom. The smallest absolute Gasteiger partial charge is 0.251 e. The van der Waals surface area contributed by atoms with E-state index in [2.05, 4.69) is 10.2 Å². The third kappa shape index (κ3) is 4.63. The predicted molar refractivity (Wildman–Crippen MR) is 84.6 cm³/mol. The van der Waals surface area contributed by atoms with Gasteiger partial charge in [-0.3, -0.25) is 4.79 Å². The van der Waals surface area contributed by atoms with Gasteiger partial charge in [0.2, 0.25) is 0 Å². The number of nitrogens with two attached hydrogens (primary N) is 1. The SMILES string of the molecule is COc1cc(N)cc(C(=O)NC(C)CN2CCCCC2)c1. The maximum atomic E-state index is 12.3. The van der Waals surface area contributed by atoms with E-state index in [9.17, 15) is 4.79 Å². The average Bonchev–Trinajstić information content (AvgIpc) is 2.47. The zero-order chi connectivity index (χ0) is 15.2. The van der Waals surface area contributed by atoms with E-state index in [0.29, 0.717) is 17.0 Å². The predicted octanol–water partition coefficient (Wildman–Crippen LogP) is 1.88. The van der Waals surface area contributed by atoms with Crippen LogP contribution in [0.5, 0.6) is 5.75 Å². The van der Waals surface area contributed by atoms with Crippen molar-refractivity contribution in [2.24, 2.45) is 0 Å². The number of carbonyl (C=O) groups excluding carboxylic acids is 1. The van der Waals surface area contributed by atoms with Crippen molar-refractivity contribution in [3.05, 3.63) is 23.8 Å². The van der Waals surface area contributed by atoms with Gasteiger partial charge in [-0.05, 0) is 45.0 Å². The topological polar surface area (TPSA) is 67.6 Å². The minimum Gasteiger partial charge on any atom is -0.497 e. The number of nitrogen functional groups attached to an aromatic ring is 1. The summed E-state index contributed by atoms with van der Waals surface area (Å²) >= 11 is 0. The first kappa shape index (κ1) is 15.6. The van der Waals surface area contributed by atoms with Crippen molar-refractivity contribution in [3.8, 4) is 5.75 Å². The van der Waals surface area contributed by atoms with Gasteiger partial charge in [0.15, 0.2) is 0 Å². The van der Waals surface area contributed by atoms with Gasteiger partial charge in [-0.1, -0.05) is 6.42 Å². The Kier molecular flexibility index (Phi) is 5.44. The first-order valence-electron chi connectivity index (χ1n) is 7.56. The molecule has 0 aromatic heterocycles. The number of amides is 1. The van der Waals surface area contributed by atoms with E-state index in [1.54, 1.807) is 25.3 Å². The largest absolute Gasteiger partial charge is 0.497 e. The molecule has 1 aromatic carbocycles. The van der Waals surface area contributed by atoms with Crippen molar-refractivity contribution in [2.75, 3.05) is 32.5 Å². The van der Waals surface area contributed by atoms with Crippen LogP contribution >= 0.6 is 0 Å². The van der Waals surface area contributed by atoms with E-state index in [1.165, 1.54) is 19.3 Å². The Balaban J connectivity index is 1.92. The van der Waals surface area contributed by atoms with E-state index in [-0.39, 0.29) is 11.9 Å². The Hall–Kier alpha value is -1.75. The molecule has 1 unspecified atom stereocenters. The van der Waals surface area contributed by atoms with Crippen molar-refractivity contribution in [1.82, 2.24) is 10.2 Å². The molecule has 21 heavy (non-hydrogen) atoms. The summed E-state index contributed by atoms with van der Waals surface area (Å²) in [7, 11) is 1.56. The minimum atomic E-state index is -0.106. The van der Waals surface area contributed by atoms with E-state index in [0.717, 1.165) is 19.6 Å². The number of hydrogen-bond donors (Lipinski definition) is 2. The molecule has 5 nitrogen and oxygen atoms in total. The number of nitrogens with zero attached hydrogens (tertiary/aromatic N) is 1. The fraction of sp³-hybridized carbons (Fsp3) is 0.562. The first-order chi connectivity index (χ1) is 10.1. The number of piperidine rings is 1. The monoisotopic (exact) mass is 291 g/mol. The summed E-state index contributed by atoms with van der Waals surface area (Å²) in [5.74, 6) is 0.494. The van der Waals surface area contributed by atoms with E-state index in [4.69, 9.17) is 10.5 Å². The van der Waals surface area contributed by atoms with Crippen LogP contribution in [0.4, 0.5) is 5.69 Å². The molecule has 0 spiro atoms. The molecule has 1 atom stereocenters. The lowest BCUT2D eigenvalue weighted by molar-refractivity contribution is 0.0925. The highest BCUT2D eigenvalue weighted by Gasteiger charge is 2.16. The molecular weight excluding hydrogens is 266 g/mol. The van der Waals surface area contributed by atoms with Crippen molar-refractivity contribution < 1.29 is 9.53 Å². The molecule has 1 fully saturated rings. The fourth-order valence-electron chi connectivity index (χ4n) is 2.75. The summed E-state index contributed by atoms with van der Waals surface area (Å²) in [5, 5.41) is 3.03. The number of benzene rings is 1. The van der Waals surface area contributed by atoms with Crippen LogP contribution in [0.15, 0.2) is 18.2 Å². The maximum Gasteiger partial charge on any atom is 0.251 e. The summed E-state index contributed by atoms with van der Waals surface area (Å²) < 4.78 is 5.14. The van der Waals surface area contributed by atoms with E-state index in [1.807, 2.05) is 6.92 Å². The number of likely N-dealkylation sites (tertiary alicyclic amines) is 1. The molecule has 1 aromatic rings. The van der Waals surface area contributed by atoms with Gasteiger partial charge in [0.25, 0.3) is 5.91 Å². The standard InChI is InChI=1S/C16H25N3O2/c1-12(11-19-6-4-3-5-7-19)18-16(20)13-8-14(17)10-15(9-13)21-2/h8-10,12H,3-7,11,17H2,1-2H3,(H,18,20). The molecule has 1 saturated heterocycles. The maximum absolute atomic E-state index is 12.3. The molecule has 116 valence electrons.